The zero-order valence-corrected chi connectivity index (χ0v) is 14.0. The summed E-state index contributed by atoms with van der Waals surface area (Å²) in [5.41, 5.74) is 2.24. The van der Waals surface area contributed by atoms with E-state index in [1.807, 2.05) is 19.1 Å². The van der Waals surface area contributed by atoms with Gasteiger partial charge in [0.15, 0.2) is 6.61 Å². The van der Waals surface area contributed by atoms with Crippen LogP contribution in [0, 0.1) is 19.3 Å². The van der Waals surface area contributed by atoms with Crippen LogP contribution in [-0.4, -0.2) is 26.0 Å². The minimum Gasteiger partial charge on any atom is -0.497 e. The monoisotopic (exact) mass is 338 g/mol. The summed E-state index contributed by atoms with van der Waals surface area (Å²) in [7, 11) is 1.54. The number of aryl methyl sites for hydroxylation is 1. The van der Waals surface area contributed by atoms with Crippen LogP contribution in [0.4, 0.5) is 10.5 Å². The van der Waals surface area contributed by atoms with Crippen molar-refractivity contribution in [2.75, 3.05) is 19.0 Å². The molecule has 0 bridgehead atoms. The normalized spacial score (nSPS) is 10.1. The molecule has 1 N–H and O–H groups in total. The molecule has 0 heterocycles. The fourth-order valence-corrected chi connectivity index (χ4v) is 1.90. The topological polar surface area (TPSA) is 69.1 Å². The number of carbonyl (C=O) groups excluding carboxylic acids is 1. The number of terminal acetylenes is 1. The summed E-state index contributed by atoms with van der Waals surface area (Å²) in [4.78, 5) is 16.9. The van der Waals surface area contributed by atoms with Gasteiger partial charge >= 0.3 is 6.09 Å². The van der Waals surface area contributed by atoms with Gasteiger partial charge in [0.2, 0.25) is 0 Å². The molecular formula is C19H18N2O4. The highest BCUT2D eigenvalue weighted by Gasteiger charge is 2.10. The number of methoxy groups -OCH3 is 1. The Bertz CT molecular complexity index is 792. The third-order valence-corrected chi connectivity index (χ3v) is 3.13. The van der Waals surface area contributed by atoms with Crippen LogP contribution in [0.5, 0.6) is 11.5 Å². The molecule has 0 saturated carbocycles. The van der Waals surface area contributed by atoms with Crippen LogP contribution in [0.25, 0.3) is 0 Å². The second kappa shape index (κ2) is 8.99. The average Bonchev–Trinajstić information content (AvgIpc) is 2.62. The molecule has 0 fully saturated rings. The molecule has 2 aromatic carbocycles. The van der Waals surface area contributed by atoms with Crippen molar-refractivity contribution in [2.45, 2.75) is 6.92 Å². The van der Waals surface area contributed by atoms with Crippen molar-refractivity contribution in [3.8, 4) is 23.8 Å². The lowest BCUT2D eigenvalue weighted by atomic mass is 10.2. The molecule has 2 aromatic rings. The number of anilines is 1. The highest BCUT2D eigenvalue weighted by Crippen LogP contribution is 2.23. The van der Waals surface area contributed by atoms with E-state index in [0.717, 1.165) is 5.56 Å². The van der Waals surface area contributed by atoms with Crippen LogP contribution in [0.2, 0.25) is 0 Å². The van der Waals surface area contributed by atoms with E-state index in [1.54, 1.807) is 30.3 Å². The Morgan fingerprint density at radius 2 is 2.04 bits per heavy atom. The van der Waals surface area contributed by atoms with Crippen molar-refractivity contribution in [1.29, 1.82) is 0 Å². The molecule has 0 aromatic heterocycles. The second-order valence-electron chi connectivity index (χ2n) is 5.00. The molecule has 6 heteroatoms. The van der Waals surface area contributed by atoms with Gasteiger partial charge in [-0.3, -0.25) is 5.32 Å². The summed E-state index contributed by atoms with van der Waals surface area (Å²) in [5, 5.41) is 6.39. The molecule has 0 unspecified atom stereocenters. The summed E-state index contributed by atoms with van der Waals surface area (Å²) >= 11 is 0. The van der Waals surface area contributed by atoms with Gasteiger partial charge in [0.1, 0.15) is 11.5 Å². The zero-order chi connectivity index (χ0) is 18.1. The van der Waals surface area contributed by atoms with Gasteiger partial charge in [-0.1, -0.05) is 28.8 Å². The first-order valence-electron chi connectivity index (χ1n) is 7.44. The van der Waals surface area contributed by atoms with E-state index < -0.39 is 6.09 Å². The van der Waals surface area contributed by atoms with E-state index in [-0.39, 0.29) is 6.61 Å². The largest absolute Gasteiger partial charge is 0.497 e. The van der Waals surface area contributed by atoms with Gasteiger partial charge in [0, 0.05) is 11.3 Å². The Hall–Kier alpha value is -3.46. The summed E-state index contributed by atoms with van der Waals surface area (Å²) in [6.07, 6.45) is 5.87. The summed E-state index contributed by atoms with van der Waals surface area (Å²) in [6.45, 7) is 2.01. The van der Waals surface area contributed by atoms with Crippen molar-refractivity contribution < 1.29 is 19.1 Å². The third kappa shape index (κ3) is 5.59. The number of amides is 1. The van der Waals surface area contributed by atoms with Crippen molar-refractivity contribution in [3.05, 3.63) is 53.6 Å². The molecule has 2 rings (SSSR count). The number of hydrogen-bond acceptors (Lipinski definition) is 5. The molecule has 128 valence electrons. The van der Waals surface area contributed by atoms with E-state index in [2.05, 4.69) is 16.4 Å². The van der Waals surface area contributed by atoms with Crippen LogP contribution in [0.3, 0.4) is 0 Å². The molecule has 6 nitrogen and oxygen atoms in total. The van der Waals surface area contributed by atoms with Crippen molar-refractivity contribution in [3.63, 3.8) is 0 Å². The number of hydrogen-bond donors (Lipinski definition) is 1. The lowest BCUT2D eigenvalue weighted by Crippen LogP contribution is -2.17. The lowest BCUT2D eigenvalue weighted by molar-refractivity contribution is 0.181. The van der Waals surface area contributed by atoms with Gasteiger partial charge in [-0.15, -0.1) is 6.42 Å². The molecule has 0 spiro atoms. The van der Waals surface area contributed by atoms with Crippen molar-refractivity contribution in [1.82, 2.24) is 0 Å². The first-order chi connectivity index (χ1) is 12.1. The van der Waals surface area contributed by atoms with E-state index in [1.165, 1.54) is 13.3 Å². The number of benzene rings is 2. The smallest absolute Gasteiger partial charge is 0.417 e. The molecular weight excluding hydrogens is 320 g/mol. The first-order valence-corrected chi connectivity index (χ1v) is 7.44. The van der Waals surface area contributed by atoms with Gasteiger partial charge < -0.3 is 14.3 Å². The van der Waals surface area contributed by atoms with Crippen molar-refractivity contribution in [2.24, 2.45) is 5.16 Å². The first kappa shape index (κ1) is 17.9. The maximum absolute atomic E-state index is 12.1. The fourth-order valence-electron chi connectivity index (χ4n) is 1.90. The number of carbonyl (C=O) groups is 1. The van der Waals surface area contributed by atoms with Crippen LogP contribution >= 0.6 is 0 Å². The Kier molecular flexibility index (Phi) is 6.43. The standard InChI is InChI=1S/C19H18N2O4/c1-4-11-24-20-13-15-12-17(23-3)9-10-18(15)25-19(22)21-16-7-5-14(2)6-8-16/h1,5-10,12-13H,11H2,2-3H3,(H,21,22)/b20-13+. The predicted octanol–water partition coefficient (Wildman–Crippen LogP) is 3.60. The van der Waals surface area contributed by atoms with Crippen LogP contribution in [-0.2, 0) is 4.84 Å². The third-order valence-electron chi connectivity index (χ3n) is 3.13. The van der Waals surface area contributed by atoms with Crippen LogP contribution in [0.1, 0.15) is 11.1 Å². The Labute approximate surface area is 146 Å². The maximum Gasteiger partial charge on any atom is 0.417 e. The van der Waals surface area contributed by atoms with Crippen LogP contribution < -0.4 is 14.8 Å². The van der Waals surface area contributed by atoms with E-state index >= 15 is 0 Å². The Balaban J connectivity index is 2.11. The summed E-state index contributed by atoms with van der Waals surface area (Å²) in [5.74, 6) is 3.19. The van der Waals surface area contributed by atoms with Gasteiger partial charge in [-0.05, 0) is 37.3 Å². The SMILES string of the molecule is C#CCO/N=C/c1cc(OC)ccc1OC(=O)Nc1ccc(C)cc1. The highest BCUT2D eigenvalue weighted by atomic mass is 16.6. The van der Waals surface area contributed by atoms with Gasteiger partial charge in [0.05, 0.1) is 13.3 Å². The number of oxime groups is 1. The predicted molar refractivity (Wildman–Crippen MR) is 96.2 cm³/mol. The molecule has 0 atom stereocenters. The summed E-state index contributed by atoms with van der Waals surface area (Å²) in [6, 6.07) is 12.3. The molecule has 0 aliphatic carbocycles. The fraction of sp³-hybridized carbons (Fsp3) is 0.158. The minimum absolute atomic E-state index is 0.0462. The highest BCUT2D eigenvalue weighted by molar-refractivity contribution is 5.90. The summed E-state index contributed by atoms with van der Waals surface area (Å²) < 4.78 is 10.5. The van der Waals surface area contributed by atoms with Crippen LogP contribution in [0.15, 0.2) is 47.6 Å². The number of nitrogens with zero attached hydrogens (tertiary/aromatic N) is 1. The quantitative estimate of drug-likeness (QED) is 0.378. The van der Waals surface area contributed by atoms with Gasteiger partial charge in [-0.25, -0.2) is 4.79 Å². The Morgan fingerprint density at radius 3 is 2.72 bits per heavy atom. The molecule has 0 aliphatic rings. The zero-order valence-electron chi connectivity index (χ0n) is 14.0. The maximum atomic E-state index is 12.1. The molecule has 0 saturated heterocycles. The molecule has 0 radical (unpaired) electrons. The number of ether oxygens (including phenoxy) is 2. The van der Waals surface area contributed by atoms with Gasteiger partial charge in [0.25, 0.3) is 0 Å². The lowest BCUT2D eigenvalue weighted by Gasteiger charge is -2.10. The van der Waals surface area contributed by atoms with E-state index in [0.29, 0.717) is 22.7 Å². The molecule has 25 heavy (non-hydrogen) atoms. The van der Waals surface area contributed by atoms with Gasteiger partial charge in [-0.2, -0.15) is 0 Å². The van der Waals surface area contributed by atoms with Crippen molar-refractivity contribution >= 4 is 18.0 Å². The van der Waals surface area contributed by atoms with E-state index in [9.17, 15) is 4.79 Å². The number of nitrogens with one attached hydrogen (secondary N) is 1. The molecule has 1 amide bonds. The number of rotatable bonds is 6. The van der Waals surface area contributed by atoms with E-state index in [4.69, 9.17) is 20.7 Å². The second-order valence-corrected chi connectivity index (χ2v) is 5.00. The Morgan fingerprint density at radius 1 is 1.28 bits per heavy atom. The average molecular weight is 338 g/mol. The minimum atomic E-state index is -0.617. The molecule has 0 aliphatic heterocycles.